The number of hydrogen-bond acceptors (Lipinski definition) is 4. The molecule has 0 amide bonds. The molecule has 0 N–H and O–H groups in total. The van der Waals surface area contributed by atoms with Crippen LogP contribution in [-0.4, -0.2) is 59.0 Å². The fourth-order valence-electron chi connectivity index (χ4n) is 1.56. The standard InChI is InChI=1S/C13H22N2O3S/c1-14(2)8-9-15(3)19(16,17)11-12-6-5-7-13(10-12)18-4/h5-7,10H,8-9,11H2,1-4H3. The number of benzene rings is 1. The molecule has 0 aliphatic heterocycles. The van der Waals surface area contributed by atoms with Crippen molar-refractivity contribution in [3.8, 4) is 5.75 Å². The van der Waals surface area contributed by atoms with Crippen LogP contribution in [-0.2, 0) is 15.8 Å². The molecular weight excluding hydrogens is 264 g/mol. The van der Waals surface area contributed by atoms with Crippen molar-refractivity contribution in [1.82, 2.24) is 9.21 Å². The highest BCUT2D eigenvalue weighted by atomic mass is 32.2. The molecule has 0 unspecified atom stereocenters. The van der Waals surface area contributed by atoms with Crippen LogP contribution >= 0.6 is 0 Å². The largest absolute Gasteiger partial charge is 0.497 e. The van der Waals surface area contributed by atoms with Crippen molar-refractivity contribution >= 4 is 10.0 Å². The van der Waals surface area contributed by atoms with Crippen molar-refractivity contribution in [3.05, 3.63) is 29.8 Å². The Morgan fingerprint density at radius 1 is 1.16 bits per heavy atom. The van der Waals surface area contributed by atoms with Gasteiger partial charge in [0, 0.05) is 20.1 Å². The average molecular weight is 286 g/mol. The normalized spacial score (nSPS) is 12.1. The molecule has 19 heavy (non-hydrogen) atoms. The molecule has 1 aromatic carbocycles. The molecule has 0 bridgehead atoms. The fourth-order valence-corrected chi connectivity index (χ4v) is 2.74. The lowest BCUT2D eigenvalue weighted by molar-refractivity contribution is 0.358. The van der Waals surface area contributed by atoms with Gasteiger partial charge in [-0.1, -0.05) is 12.1 Å². The van der Waals surface area contributed by atoms with Crippen molar-refractivity contribution in [1.29, 1.82) is 0 Å². The van der Waals surface area contributed by atoms with E-state index in [1.807, 2.05) is 19.0 Å². The van der Waals surface area contributed by atoms with E-state index in [-0.39, 0.29) is 5.75 Å². The first-order chi connectivity index (χ1) is 8.85. The van der Waals surface area contributed by atoms with Crippen LogP contribution in [0, 0.1) is 0 Å². The summed E-state index contributed by atoms with van der Waals surface area (Å²) in [5.41, 5.74) is 0.732. The van der Waals surface area contributed by atoms with Crippen molar-refractivity contribution < 1.29 is 13.2 Å². The van der Waals surface area contributed by atoms with E-state index in [2.05, 4.69) is 0 Å². The molecule has 108 valence electrons. The molecule has 1 rings (SSSR count). The maximum Gasteiger partial charge on any atom is 0.218 e. The Kier molecular flexibility index (Phi) is 5.78. The summed E-state index contributed by atoms with van der Waals surface area (Å²) in [6.07, 6.45) is 0. The Morgan fingerprint density at radius 3 is 2.42 bits per heavy atom. The van der Waals surface area contributed by atoms with Gasteiger partial charge in [0.1, 0.15) is 5.75 Å². The first-order valence-electron chi connectivity index (χ1n) is 6.07. The van der Waals surface area contributed by atoms with Crippen molar-refractivity contribution in [2.75, 3.05) is 41.3 Å². The fraction of sp³-hybridized carbons (Fsp3) is 0.538. The van der Waals surface area contributed by atoms with E-state index in [0.29, 0.717) is 18.8 Å². The SMILES string of the molecule is COc1cccc(CS(=O)(=O)N(C)CCN(C)C)c1. The van der Waals surface area contributed by atoms with Gasteiger partial charge in [0.25, 0.3) is 0 Å². The van der Waals surface area contributed by atoms with Crippen LogP contribution < -0.4 is 4.74 Å². The highest BCUT2D eigenvalue weighted by molar-refractivity contribution is 7.88. The molecule has 0 heterocycles. The first kappa shape index (κ1) is 15.9. The lowest BCUT2D eigenvalue weighted by atomic mass is 10.2. The maximum atomic E-state index is 12.2. The molecule has 0 saturated carbocycles. The Bertz CT molecular complexity index is 500. The minimum atomic E-state index is -3.28. The van der Waals surface area contributed by atoms with E-state index in [1.54, 1.807) is 38.4 Å². The number of methoxy groups -OCH3 is 1. The highest BCUT2D eigenvalue weighted by Crippen LogP contribution is 2.16. The maximum absolute atomic E-state index is 12.2. The summed E-state index contributed by atoms with van der Waals surface area (Å²) in [6, 6.07) is 7.13. The molecule has 0 spiro atoms. The Hall–Kier alpha value is -1.11. The smallest absolute Gasteiger partial charge is 0.218 e. The zero-order chi connectivity index (χ0) is 14.5. The van der Waals surface area contributed by atoms with E-state index in [1.165, 1.54) is 4.31 Å². The zero-order valence-electron chi connectivity index (χ0n) is 12.0. The number of sulfonamides is 1. The van der Waals surface area contributed by atoms with Crippen LogP contribution in [0.2, 0.25) is 0 Å². The van der Waals surface area contributed by atoms with Crippen LogP contribution in [0.4, 0.5) is 0 Å². The van der Waals surface area contributed by atoms with Gasteiger partial charge in [-0.3, -0.25) is 0 Å². The number of hydrogen-bond donors (Lipinski definition) is 0. The quantitative estimate of drug-likeness (QED) is 0.751. The summed E-state index contributed by atoms with van der Waals surface area (Å²) in [5.74, 6) is 0.664. The van der Waals surface area contributed by atoms with Crippen molar-refractivity contribution in [2.24, 2.45) is 0 Å². The second kappa shape index (κ2) is 6.88. The Morgan fingerprint density at radius 2 is 1.84 bits per heavy atom. The van der Waals surface area contributed by atoms with Crippen molar-refractivity contribution in [2.45, 2.75) is 5.75 Å². The van der Waals surface area contributed by atoms with Gasteiger partial charge in [0.2, 0.25) is 10.0 Å². The molecule has 0 saturated heterocycles. The predicted molar refractivity (Wildman–Crippen MR) is 76.8 cm³/mol. The van der Waals surface area contributed by atoms with Gasteiger partial charge >= 0.3 is 0 Å². The van der Waals surface area contributed by atoms with E-state index in [0.717, 1.165) is 5.56 Å². The van der Waals surface area contributed by atoms with Gasteiger partial charge in [-0.05, 0) is 31.8 Å². The summed E-state index contributed by atoms with van der Waals surface area (Å²) >= 11 is 0. The highest BCUT2D eigenvalue weighted by Gasteiger charge is 2.18. The molecular formula is C13H22N2O3S. The predicted octanol–water partition coefficient (Wildman–Crippen LogP) is 1.02. The summed E-state index contributed by atoms with van der Waals surface area (Å²) in [7, 11) is 3.73. The lowest BCUT2D eigenvalue weighted by Crippen LogP contribution is -2.34. The molecule has 1 aromatic rings. The van der Waals surface area contributed by atoms with E-state index >= 15 is 0 Å². The molecule has 0 atom stereocenters. The topological polar surface area (TPSA) is 49.9 Å². The van der Waals surface area contributed by atoms with Crippen LogP contribution in [0.3, 0.4) is 0 Å². The average Bonchev–Trinajstić information content (AvgIpc) is 2.35. The third-order valence-electron chi connectivity index (χ3n) is 2.82. The van der Waals surface area contributed by atoms with Crippen LogP contribution in [0.5, 0.6) is 5.75 Å². The van der Waals surface area contributed by atoms with Crippen LogP contribution in [0.1, 0.15) is 5.56 Å². The molecule has 0 aromatic heterocycles. The second-order valence-electron chi connectivity index (χ2n) is 4.73. The van der Waals surface area contributed by atoms with Gasteiger partial charge in [-0.25, -0.2) is 12.7 Å². The molecule has 0 fully saturated rings. The summed E-state index contributed by atoms with van der Waals surface area (Å²) in [6.45, 7) is 1.19. The summed E-state index contributed by atoms with van der Waals surface area (Å²) < 4.78 is 30.8. The third kappa shape index (κ3) is 5.18. The summed E-state index contributed by atoms with van der Waals surface area (Å²) in [4.78, 5) is 1.96. The molecule has 5 nitrogen and oxygen atoms in total. The minimum absolute atomic E-state index is 0.00582. The van der Waals surface area contributed by atoms with Crippen LogP contribution in [0.25, 0.3) is 0 Å². The van der Waals surface area contributed by atoms with Gasteiger partial charge in [-0.2, -0.15) is 0 Å². The molecule has 0 aliphatic rings. The van der Waals surface area contributed by atoms with Gasteiger partial charge < -0.3 is 9.64 Å². The number of likely N-dealkylation sites (N-methyl/N-ethyl adjacent to an activating group) is 2. The first-order valence-corrected chi connectivity index (χ1v) is 7.68. The van der Waals surface area contributed by atoms with Gasteiger partial charge in [0.05, 0.1) is 12.9 Å². The molecule has 6 heteroatoms. The summed E-state index contributed by atoms with van der Waals surface area (Å²) in [5, 5.41) is 0. The number of nitrogens with zero attached hydrogens (tertiary/aromatic N) is 2. The van der Waals surface area contributed by atoms with Gasteiger partial charge in [0.15, 0.2) is 0 Å². The number of ether oxygens (including phenoxy) is 1. The van der Waals surface area contributed by atoms with E-state index in [4.69, 9.17) is 4.74 Å². The lowest BCUT2D eigenvalue weighted by Gasteiger charge is -2.19. The third-order valence-corrected chi connectivity index (χ3v) is 4.65. The zero-order valence-corrected chi connectivity index (χ0v) is 12.8. The Labute approximate surface area is 115 Å². The minimum Gasteiger partial charge on any atom is -0.497 e. The Balaban J connectivity index is 2.72. The molecule has 0 radical (unpaired) electrons. The van der Waals surface area contributed by atoms with E-state index < -0.39 is 10.0 Å². The molecule has 0 aliphatic carbocycles. The monoisotopic (exact) mass is 286 g/mol. The van der Waals surface area contributed by atoms with E-state index in [9.17, 15) is 8.42 Å². The van der Waals surface area contributed by atoms with Crippen molar-refractivity contribution in [3.63, 3.8) is 0 Å². The van der Waals surface area contributed by atoms with Gasteiger partial charge in [-0.15, -0.1) is 0 Å². The second-order valence-corrected chi connectivity index (χ2v) is 6.81. The van der Waals surface area contributed by atoms with Crippen LogP contribution in [0.15, 0.2) is 24.3 Å². The number of rotatable bonds is 7.